The second-order valence-electron chi connectivity index (χ2n) is 9.45. The van der Waals surface area contributed by atoms with Crippen molar-refractivity contribution in [3.05, 3.63) is 65.2 Å². The van der Waals surface area contributed by atoms with E-state index in [1.807, 2.05) is 31.2 Å². The van der Waals surface area contributed by atoms with Crippen LogP contribution in [0.2, 0.25) is 0 Å². The molecule has 1 aliphatic heterocycles. The zero-order valence-electron chi connectivity index (χ0n) is 19.5. The molecule has 4 rings (SSSR count). The fraction of sp³-hybridized carbons (Fsp3) is 0.480. The smallest absolute Gasteiger partial charge is 0.341 e. The van der Waals surface area contributed by atoms with Gasteiger partial charge in [0.2, 0.25) is 15.9 Å². The van der Waals surface area contributed by atoms with Gasteiger partial charge in [0.05, 0.1) is 16.5 Å². The molecule has 0 bridgehead atoms. The summed E-state index contributed by atoms with van der Waals surface area (Å²) in [5, 5.41) is 0. The van der Waals surface area contributed by atoms with Crippen LogP contribution >= 0.6 is 0 Å². The minimum Gasteiger partial charge on any atom is -0.341 e. The van der Waals surface area contributed by atoms with Crippen LogP contribution in [0.15, 0.2) is 53.4 Å². The predicted molar refractivity (Wildman–Crippen MR) is 126 cm³/mol. The van der Waals surface area contributed by atoms with Crippen molar-refractivity contribution < 1.29 is 26.4 Å². The third-order valence-electron chi connectivity index (χ3n) is 6.63. The second kappa shape index (κ2) is 9.91. The number of piperidine rings is 1. The average Bonchev–Trinajstić information content (AvgIpc) is 3.63. The summed E-state index contributed by atoms with van der Waals surface area (Å²) in [6, 6.07) is 10.4. The highest BCUT2D eigenvalue weighted by atomic mass is 32.2. The van der Waals surface area contributed by atoms with Crippen LogP contribution in [0.1, 0.15) is 42.4 Å². The van der Waals surface area contributed by atoms with Crippen molar-refractivity contribution in [2.75, 3.05) is 13.1 Å². The third kappa shape index (κ3) is 5.87. The van der Waals surface area contributed by atoms with Crippen LogP contribution in [0, 0.1) is 6.92 Å². The molecule has 0 radical (unpaired) electrons. The molecule has 1 amide bonds. The number of rotatable bonds is 7. The van der Waals surface area contributed by atoms with Crippen LogP contribution in [-0.2, 0) is 27.4 Å². The van der Waals surface area contributed by atoms with E-state index in [1.165, 1.54) is 10.4 Å². The quantitative estimate of drug-likeness (QED) is 0.617. The topological polar surface area (TPSA) is 83.7 Å². The van der Waals surface area contributed by atoms with Crippen LogP contribution in [0.5, 0.6) is 0 Å². The molecular formula is C25H30F3N3O3S. The van der Waals surface area contributed by atoms with Crippen molar-refractivity contribution >= 4 is 15.9 Å². The first-order chi connectivity index (χ1) is 16.5. The maximum absolute atomic E-state index is 13.4. The number of hydrogen-bond acceptors (Lipinski definition) is 4. The molecule has 1 aliphatic carbocycles. The number of amides is 1. The highest BCUT2D eigenvalue weighted by Gasteiger charge is 2.44. The van der Waals surface area contributed by atoms with Crippen molar-refractivity contribution in [1.29, 1.82) is 0 Å². The molecule has 190 valence electrons. The van der Waals surface area contributed by atoms with Gasteiger partial charge in [-0.3, -0.25) is 4.79 Å². The van der Waals surface area contributed by atoms with E-state index in [4.69, 9.17) is 5.73 Å². The normalized spacial score (nSPS) is 18.6. The van der Waals surface area contributed by atoms with Crippen LogP contribution in [0.4, 0.5) is 13.2 Å². The zero-order chi connectivity index (χ0) is 25.4. The van der Waals surface area contributed by atoms with E-state index >= 15 is 0 Å². The van der Waals surface area contributed by atoms with E-state index in [-0.39, 0.29) is 22.9 Å². The minimum atomic E-state index is -4.63. The summed E-state index contributed by atoms with van der Waals surface area (Å²) in [6.07, 6.45) is -2.02. The van der Waals surface area contributed by atoms with E-state index in [0.29, 0.717) is 51.3 Å². The van der Waals surface area contributed by atoms with Gasteiger partial charge in [-0.15, -0.1) is 0 Å². The monoisotopic (exact) mass is 509 g/mol. The number of nitrogens with zero attached hydrogens (tertiary/aromatic N) is 2. The molecule has 1 atom stereocenters. The van der Waals surface area contributed by atoms with E-state index < -0.39 is 27.8 Å². The van der Waals surface area contributed by atoms with Gasteiger partial charge in [-0.1, -0.05) is 35.9 Å². The molecule has 1 saturated heterocycles. The van der Waals surface area contributed by atoms with Gasteiger partial charge in [0.1, 0.15) is 0 Å². The van der Waals surface area contributed by atoms with Crippen molar-refractivity contribution in [2.24, 2.45) is 5.73 Å². The van der Waals surface area contributed by atoms with E-state index in [2.05, 4.69) is 0 Å². The molecule has 2 fully saturated rings. The Bertz CT molecular complexity index is 1170. The van der Waals surface area contributed by atoms with Crippen molar-refractivity contribution in [2.45, 2.75) is 68.2 Å². The zero-order valence-corrected chi connectivity index (χ0v) is 20.4. The van der Waals surface area contributed by atoms with Crippen LogP contribution in [-0.4, -0.2) is 54.7 Å². The Labute approximate surface area is 203 Å². The number of benzene rings is 2. The minimum absolute atomic E-state index is 0.177. The maximum Gasteiger partial charge on any atom is 0.416 e. The number of carbonyl (C=O) groups excluding carboxylic acids is 1. The third-order valence-corrected chi connectivity index (χ3v) is 8.64. The van der Waals surface area contributed by atoms with Gasteiger partial charge >= 0.3 is 6.18 Å². The Morgan fingerprint density at radius 2 is 1.69 bits per heavy atom. The number of likely N-dealkylation sites (tertiary alicyclic amines) is 1. The Balaban J connectivity index is 1.44. The van der Waals surface area contributed by atoms with Crippen molar-refractivity contribution in [3.8, 4) is 0 Å². The summed E-state index contributed by atoms with van der Waals surface area (Å²) in [4.78, 5) is 14.2. The first-order valence-electron chi connectivity index (χ1n) is 11.8. The summed E-state index contributed by atoms with van der Waals surface area (Å²) < 4.78 is 67.7. The number of nitrogens with two attached hydrogens (primary N) is 1. The molecule has 0 aromatic heterocycles. The Morgan fingerprint density at radius 1 is 1.06 bits per heavy atom. The van der Waals surface area contributed by atoms with Gasteiger partial charge in [0.15, 0.2) is 0 Å². The van der Waals surface area contributed by atoms with Crippen molar-refractivity contribution in [3.63, 3.8) is 0 Å². The second-order valence-corrected chi connectivity index (χ2v) is 11.3. The predicted octanol–water partition coefficient (Wildman–Crippen LogP) is 3.73. The van der Waals surface area contributed by atoms with Gasteiger partial charge in [0, 0.05) is 25.2 Å². The average molecular weight is 510 g/mol. The number of halogens is 3. The SMILES string of the molecule is Cc1cccc(CC(N)C(=O)N2CCC(N(C3CC3)S(=O)(=O)c3cccc(C(F)(F)F)c3)CC2)c1. The van der Waals surface area contributed by atoms with Gasteiger partial charge in [-0.05, 0) is 62.8 Å². The summed E-state index contributed by atoms with van der Waals surface area (Å²) in [7, 11) is -4.11. The molecule has 35 heavy (non-hydrogen) atoms. The molecule has 1 unspecified atom stereocenters. The number of aryl methyl sites for hydroxylation is 1. The number of sulfonamides is 1. The molecule has 6 nitrogen and oxygen atoms in total. The summed E-state index contributed by atoms with van der Waals surface area (Å²) in [5.41, 5.74) is 7.27. The molecule has 1 saturated carbocycles. The molecule has 10 heteroatoms. The highest BCUT2D eigenvalue weighted by molar-refractivity contribution is 7.89. The number of carbonyl (C=O) groups is 1. The number of alkyl halides is 3. The Hall–Kier alpha value is -2.43. The van der Waals surface area contributed by atoms with E-state index in [0.717, 1.165) is 23.3 Å². The maximum atomic E-state index is 13.4. The lowest BCUT2D eigenvalue weighted by atomic mass is 10.0. The summed E-state index contributed by atoms with van der Waals surface area (Å²) >= 11 is 0. The molecule has 1 heterocycles. The van der Waals surface area contributed by atoms with Gasteiger partial charge in [0.25, 0.3) is 0 Å². The molecule has 2 aromatic rings. The summed E-state index contributed by atoms with van der Waals surface area (Å²) in [5.74, 6) is -0.177. The lowest BCUT2D eigenvalue weighted by Gasteiger charge is -2.38. The Morgan fingerprint density at radius 3 is 2.29 bits per heavy atom. The molecule has 2 aromatic carbocycles. The molecular weight excluding hydrogens is 479 g/mol. The fourth-order valence-corrected chi connectivity index (χ4v) is 6.71. The first-order valence-corrected chi connectivity index (χ1v) is 13.2. The van der Waals surface area contributed by atoms with Gasteiger partial charge in [-0.25, -0.2) is 8.42 Å². The lowest BCUT2D eigenvalue weighted by molar-refractivity contribution is -0.137. The first kappa shape index (κ1) is 25.7. The van der Waals surface area contributed by atoms with Crippen LogP contribution < -0.4 is 5.73 Å². The van der Waals surface area contributed by atoms with Gasteiger partial charge in [-0.2, -0.15) is 17.5 Å². The van der Waals surface area contributed by atoms with Crippen LogP contribution in [0.3, 0.4) is 0 Å². The largest absolute Gasteiger partial charge is 0.416 e. The van der Waals surface area contributed by atoms with E-state index in [9.17, 15) is 26.4 Å². The highest BCUT2D eigenvalue weighted by Crippen LogP contribution is 2.38. The summed E-state index contributed by atoms with van der Waals surface area (Å²) in [6.45, 7) is 2.68. The number of hydrogen-bond donors (Lipinski definition) is 1. The molecule has 2 aliphatic rings. The fourth-order valence-electron chi connectivity index (χ4n) is 4.73. The standard InChI is InChI=1S/C25H30F3N3O3S/c1-17-4-2-5-18(14-17)15-23(29)24(32)30-12-10-21(11-13-30)31(20-8-9-20)35(33,34)22-7-3-6-19(16-22)25(26,27)28/h2-7,14,16,20-21,23H,8-13,15,29H2,1H3. The van der Waals surface area contributed by atoms with Gasteiger partial charge < -0.3 is 10.6 Å². The van der Waals surface area contributed by atoms with Crippen LogP contribution in [0.25, 0.3) is 0 Å². The molecule has 2 N–H and O–H groups in total. The van der Waals surface area contributed by atoms with Crippen molar-refractivity contribution in [1.82, 2.24) is 9.21 Å². The Kier molecular flexibility index (Phi) is 7.26. The lowest BCUT2D eigenvalue weighted by Crippen LogP contribution is -2.53. The van der Waals surface area contributed by atoms with E-state index in [1.54, 1.807) is 4.90 Å². The molecule has 0 spiro atoms.